The van der Waals surface area contributed by atoms with Crippen LogP contribution in [0.25, 0.3) is 0 Å². The van der Waals surface area contributed by atoms with E-state index in [1.165, 1.54) is 0 Å². The molecule has 1 aliphatic heterocycles. The lowest BCUT2D eigenvalue weighted by Gasteiger charge is -2.36. The van der Waals surface area contributed by atoms with E-state index in [2.05, 4.69) is 5.32 Å². The molecule has 0 radical (unpaired) electrons. The molecule has 2 unspecified atom stereocenters. The average molecular weight is 260 g/mol. The summed E-state index contributed by atoms with van der Waals surface area (Å²) in [5.74, 6) is -1.28. The standard InChI is InChI=1S/C11H20N2O5/c1-7-6-18-8(2)5-13(7)11(17)12-4-3-9(14)10(15)16/h7-9,14H,3-6H2,1-2H3,(H,12,17)(H,15,16)/t7?,8?,9-/m0/s1. The summed E-state index contributed by atoms with van der Waals surface area (Å²) in [7, 11) is 0. The van der Waals surface area contributed by atoms with Crippen molar-refractivity contribution in [1.29, 1.82) is 0 Å². The first-order valence-corrected chi connectivity index (χ1v) is 5.98. The largest absolute Gasteiger partial charge is 0.479 e. The van der Waals surface area contributed by atoms with Crippen LogP contribution in [0.2, 0.25) is 0 Å². The molecule has 1 aliphatic rings. The normalized spacial score (nSPS) is 25.6. The topological polar surface area (TPSA) is 99.1 Å². The molecule has 0 spiro atoms. The number of morpholine rings is 1. The van der Waals surface area contributed by atoms with Crippen molar-refractivity contribution < 1.29 is 24.5 Å². The maximum atomic E-state index is 11.8. The van der Waals surface area contributed by atoms with Crippen LogP contribution in [0.15, 0.2) is 0 Å². The molecule has 0 aliphatic carbocycles. The van der Waals surface area contributed by atoms with Crippen molar-refractivity contribution in [2.45, 2.75) is 38.5 Å². The summed E-state index contributed by atoms with van der Waals surface area (Å²) in [5.41, 5.74) is 0. The number of nitrogens with zero attached hydrogens (tertiary/aromatic N) is 1. The SMILES string of the molecule is CC1CN(C(=O)NCC[C@H](O)C(=O)O)C(C)CO1. The summed E-state index contributed by atoms with van der Waals surface area (Å²) >= 11 is 0. The van der Waals surface area contributed by atoms with Crippen LogP contribution in [0.5, 0.6) is 0 Å². The molecule has 1 saturated heterocycles. The first kappa shape index (κ1) is 14.7. The second-order valence-corrected chi connectivity index (χ2v) is 4.52. The van der Waals surface area contributed by atoms with E-state index >= 15 is 0 Å². The predicted octanol–water partition coefficient (Wildman–Crippen LogP) is -0.359. The van der Waals surface area contributed by atoms with Gasteiger partial charge in [0.2, 0.25) is 0 Å². The lowest BCUT2D eigenvalue weighted by atomic mass is 10.2. The molecule has 0 saturated carbocycles. The number of ether oxygens (including phenoxy) is 1. The lowest BCUT2D eigenvalue weighted by molar-refractivity contribution is -0.146. The molecular weight excluding hydrogens is 240 g/mol. The highest BCUT2D eigenvalue weighted by Gasteiger charge is 2.27. The zero-order chi connectivity index (χ0) is 13.7. The highest BCUT2D eigenvalue weighted by molar-refractivity contribution is 5.75. The number of carbonyl (C=O) groups is 2. The third-order valence-electron chi connectivity index (χ3n) is 2.85. The van der Waals surface area contributed by atoms with Gasteiger partial charge in [-0.2, -0.15) is 0 Å². The minimum Gasteiger partial charge on any atom is -0.479 e. The highest BCUT2D eigenvalue weighted by Crippen LogP contribution is 2.11. The number of rotatable bonds is 4. The Balaban J connectivity index is 2.33. The Morgan fingerprint density at radius 2 is 2.17 bits per heavy atom. The number of aliphatic carboxylic acids is 1. The molecule has 0 aromatic heterocycles. The zero-order valence-electron chi connectivity index (χ0n) is 10.6. The molecule has 7 heteroatoms. The van der Waals surface area contributed by atoms with Crippen molar-refractivity contribution in [2.75, 3.05) is 19.7 Å². The average Bonchev–Trinajstić information content (AvgIpc) is 2.31. The number of amides is 2. The van der Waals surface area contributed by atoms with E-state index in [4.69, 9.17) is 14.9 Å². The van der Waals surface area contributed by atoms with E-state index in [0.717, 1.165) is 0 Å². The fourth-order valence-corrected chi connectivity index (χ4v) is 1.73. The van der Waals surface area contributed by atoms with Crippen LogP contribution in [-0.2, 0) is 9.53 Å². The van der Waals surface area contributed by atoms with Gasteiger partial charge in [0, 0.05) is 19.5 Å². The van der Waals surface area contributed by atoms with E-state index in [1.54, 1.807) is 4.90 Å². The Kier molecular flexibility index (Phi) is 5.36. The van der Waals surface area contributed by atoms with Gasteiger partial charge in [-0.05, 0) is 13.8 Å². The van der Waals surface area contributed by atoms with Gasteiger partial charge in [-0.15, -0.1) is 0 Å². The second-order valence-electron chi connectivity index (χ2n) is 4.52. The molecule has 1 fully saturated rings. The van der Waals surface area contributed by atoms with Crippen molar-refractivity contribution in [2.24, 2.45) is 0 Å². The summed E-state index contributed by atoms with van der Waals surface area (Å²) in [6.45, 7) is 4.91. The Morgan fingerprint density at radius 1 is 1.50 bits per heavy atom. The van der Waals surface area contributed by atoms with Crippen LogP contribution in [0, 0.1) is 0 Å². The summed E-state index contributed by atoms with van der Waals surface area (Å²) in [6, 6.07) is -0.263. The molecule has 1 heterocycles. The third-order valence-corrected chi connectivity index (χ3v) is 2.85. The van der Waals surface area contributed by atoms with E-state index in [1.807, 2.05) is 13.8 Å². The van der Waals surface area contributed by atoms with E-state index in [9.17, 15) is 9.59 Å². The highest BCUT2D eigenvalue weighted by atomic mass is 16.5. The molecular formula is C11H20N2O5. The van der Waals surface area contributed by atoms with Crippen molar-refractivity contribution >= 4 is 12.0 Å². The molecule has 1 rings (SSSR count). The number of hydrogen-bond acceptors (Lipinski definition) is 4. The molecule has 104 valence electrons. The Labute approximate surface area is 106 Å². The van der Waals surface area contributed by atoms with Crippen LogP contribution < -0.4 is 5.32 Å². The molecule has 2 amide bonds. The van der Waals surface area contributed by atoms with Crippen molar-refractivity contribution in [3.8, 4) is 0 Å². The van der Waals surface area contributed by atoms with Gasteiger partial charge in [0.05, 0.1) is 18.8 Å². The third kappa shape index (κ3) is 4.15. The van der Waals surface area contributed by atoms with E-state index in [0.29, 0.717) is 13.2 Å². The second kappa shape index (κ2) is 6.55. The molecule has 0 bridgehead atoms. The van der Waals surface area contributed by atoms with Crippen molar-refractivity contribution in [1.82, 2.24) is 10.2 Å². The number of carbonyl (C=O) groups excluding carboxylic acids is 1. The summed E-state index contributed by atoms with van der Waals surface area (Å²) in [6.07, 6.45) is -1.45. The number of aliphatic hydroxyl groups excluding tert-OH is 1. The van der Waals surface area contributed by atoms with Gasteiger partial charge in [-0.3, -0.25) is 0 Å². The molecule has 0 aromatic carbocycles. The molecule has 7 nitrogen and oxygen atoms in total. The van der Waals surface area contributed by atoms with Gasteiger partial charge >= 0.3 is 12.0 Å². The fraction of sp³-hybridized carbons (Fsp3) is 0.818. The summed E-state index contributed by atoms with van der Waals surface area (Å²) in [5, 5.41) is 20.1. The number of urea groups is 1. The van der Waals surface area contributed by atoms with Gasteiger partial charge in [0.15, 0.2) is 6.10 Å². The van der Waals surface area contributed by atoms with Crippen LogP contribution >= 0.6 is 0 Å². The van der Waals surface area contributed by atoms with Gasteiger partial charge in [-0.1, -0.05) is 0 Å². The predicted molar refractivity (Wildman–Crippen MR) is 63.2 cm³/mol. The quantitative estimate of drug-likeness (QED) is 0.641. The molecule has 18 heavy (non-hydrogen) atoms. The molecule has 3 atom stereocenters. The van der Waals surface area contributed by atoms with Gasteiger partial charge < -0.3 is 25.2 Å². The van der Waals surface area contributed by atoms with Crippen LogP contribution in [0.1, 0.15) is 20.3 Å². The minimum atomic E-state index is -1.44. The smallest absolute Gasteiger partial charge is 0.332 e. The van der Waals surface area contributed by atoms with E-state index < -0.39 is 12.1 Å². The summed E-state index contributed by atoms with van der Waals surface area (Å²) < 4.78 is 5.41. The zero-order valence-corrected chi connectivity index (χ0v) is 10.6. The van der Waals surface area contributed by atoms with Crippen LogP contribution in [-0.4, -0.2) is 65.1 Å². The number of hydrogen-bond donors (Lipinski definition) is 3. The molecule has 0 aromatic rings. The minimum absolute atomic E-state index is 0.00319. The number of carboxylic acids is 1. The first-order valence-electron chi connectivity index (χ1n) is 5.98. The summed E-state index contributed by atoms with van der Waals surface area (Å²) in [4.78, 5) is 23.9. The van der Waals surface area contributed by atoms with Gasteiger partial charge in [0.25, 0.3) is 0 Å². The maximum Gasteiger partial charge on any atom is 0.332 e. The first-order chi connectivity index (χ1) is 8.41. The van der Waals surface area contributed by atoms with E-state index in [-0.39, 0.29) is 31.1 Å². The van der Waals surface area contributed by atoms with Gasteiger partial charge in [0.1, 0.15) is 0 Å². The monoisotopic (exact) mass is 260 g/mol. The van der Waals surface area contributed by atoms with Gasteiger partial charge in [-0.25, -0.2) is 9.59 Å². The lowest BCUT2D eigenvalue weighted by Crippen LogP contribution is -2.53. The van der Waals surface area contributed by atoms with Crippen molar-refractivity contribution in [3.05, 3.63) is 0 Å². The van der Waals surface area contributed by atoms with Crippen LogP contribution in [0.3, 0.4) is 0 Å². The maximum absolute atomic E-state index is 11.8. The molecule has 3 N–H and O–H groups in total. The fourth-order valence-electron chi connectivity index (χ4n) is 1.73. The number of aliphatic hydroxyl groups is 1. The Bertz CT molecular complexity index is 310. The Morgan fingerprint density at radius 3 is 2.78 bits per heavy atom. The van der Waals surface area contributed by atoms with Crippen LogP contribution in [0.4, 0.5) is 4.79 Å². The Hall–Kier alpha value is -1.34. The van der Waals surface area contributed by atoms with Crippen molar-refractivity contribution in [3.63, 3.8) is 0 Å². The number of nitrogens with one attached hydrogen (secondary N) is 1. The number of carboxylic acid groups (broad SMARTS) is 1.